The minimum absolute atomic E-state index is 0.0699. The van der Waals surface area contributed by atoms with Crippen molar-refractivity contribution in [3.8, 4) is 16.2 Å². The van der Waals surface area contributed by atoms with Crippen LogP contribution in [-0.4, -0.2) is 11.9 Å². The molecule has 2 heterocycles. The number of amides is 1. The summed E-state index contributed by atoms with van der Waals surface area (Å²) in [5, 5.41) is 3.29. The van der Waals surface area contributed by atoms with Gasteiger partial charge in [-0.3, -0.25) is 4.79 Å². The predicted molar refractivity (Wildman–Crippen MR) is 102 cm³/mol. The van der Waals surface area contributed by atoms with E-state index in [-0.39, 0.29) is 5.91 Å². The highest BCUT2D eigenvalue weighted by molar-refractivity contribution is 7.17. The van der Waals surface area contributed by atoms with Gasteiger partial charge in [-0.25, -0.2) is 0 Å². The van der Waals surface area contributed by atoms with Crippen molar-refractivity contribution in [2.45, 2.75) is 52.7 Å². The third-order valence-electron chi connectivity index (χ3n) is 5.90. The minimum Gasteiger partial charge on any atom is -0.488 e. The highest BCUT2D eigenvalue weighted by Gasteiger charge is 2.30. The van der Waals surface area contributed by atoms with Gasteiger partial charge in [-0.1, -0.05) is 38.8 Å². The molecule has 4 rings (SSSR count). The van der Waals surface area contributed by atoms with E-state index in [1.165, 1.54) is 23.3 Å². The zero-order valence-corrected chi connectivity index (χ0v) is 15.9. The van der Waals surface area contributed by atoms with Gasteiger partial charge in [0.25, 0.3) is 5.91 Å². The second-order valence-electron chi connectivity index (χ2n) is 7.55. The molecule has 2 aromatic rings. The van der Waals surface area contributed by atoms with Crippen molar-refractivity contribution in [3.05, 3.63) is 40.3 Å². The molecule has 1 aliphatic carbocycles. The first-order valence-electron chi connectivity index (χ1n) is 9.21. The molecule has 25 heavy (non-hydrogen) atoms. The van der Waals surface area contributed by atoms with Crippen LogP contribution < -0.4 is 10.1 Å². The highest BCUT2D eigenvalue weighted by atomic mass is 32.1. The molecule has 1 amide bonds. The van der Waals surface area contributed by atoms with Crippen LogP contribution in [0.1, 0.15) is 53.9 Å². The summed E-state index contributed by atoms with van der Waals surface area (Å²) in [4.78, 5) is 14.8. The summed E-state index contributed by atoms with van der Waals surface area (Å²) in [5.74, 6) is 2.22. The lowest BCUT2D eigenvalue weighted by atomic mass is 9.78. The van der Waals surface area contributed by atoms with Crippen molar-refractivity contribution in [2.75, 3.05) is 0 Å². The van der Waals surface area contributed by atoms with Gasteiger partial charge in [0.1, 0.15) is 12.4 Å². The second kappa shape index (κ2) is 6.49. The Morgan fingerprint density at radius 3 is 2.96 bits per heavy atom. The van der Waals surface area contributed by atoms with Crippen molar-refractivity contribution in [3.63, 3.8) is 0 Å². The number of carbonyl (C=O) groups excluding carboxylic acids is 1. The molecular weight excluding hydrogens is 330 g/mol. The Balaban J connectivity index is 1.59. The second-order valence-corrected chi connectivity index (χ2v) is 8.60. The van der Waals surface area contributed by atoms with Crippen molar-refractivity contribution >= 4 is 17.2 Å². The number of carbonyl (C=O) groups is 1. The number of nitrogens with one attached hydrogen (secondary N) is 1. The lowest BCUT2D eigenvalue weighted by Crippen LogP contribution is -2.43. The number of thiophene rings is 1. The smallest absolute Gasteiger partial charge is 0.261 e. The van der Waals surface area contributed by atoms with Crippen LogP contribution in [0.5, 0.6) is 5.75 Å². The van der Waals surface area contributed by atoms with Crippen molar-refractivity contribution in [1.82, 2.24) is 5.32 Å². The fraction of sp³-hybridized carbons (Fsp3) is 0.476. The van der Waals surface area contributed by atoms with Crippen LogP contribution in [0.4, 0.5) is 0 Å². The molecule has 4 heteroatoms. The number of benzene rings is 1. The molecule has 1 fully saturated rings. The van der Waals surface area contributed by atoms with Gasteiger partial charge in [-0.2, -0.15) is 0 Å². The Morgan fingerprint density at radius 1 is 1.28 bits per heavy atom. The average molecular weight is 356 g/mol. The van der Waals surface area contributed by atoms with E-state index in [4.69, 9.17) is 4.74 Å². The van der Waals surface area contributed by atoms with E-state index in [1.54, 1.807) is 11.3 Å². The first kappa shape index (κ1) is 16.6. The molecule has 0 bridgehead atoms. The Kier molecular flexibility index (Phi) is 4.32. The zero-order valence-electron chi connectivity index (χ0n) is 15.1. The third kappa shape index (κ3) is 2.97. The maximum atomic E-state index is 12.8. The number of hydrogen-bond acceptors (Lipinski definition) is 3. The third-order valence-corrected chi connectivity index (χ3v) is 7.09. The van der Waals surface area contributed by atoms with Crippen LogP contribution >= 0.6 is 11.3 Å². The Morgan fingerprint density at radius 2 is 2.12 bits per heavy atom. The van der Waals surface area contributed by atoms with Crippen molar-refractivity contribution < 1.29 is 9.53 Å². The van der Waals surface area contributed by atoms with Crippen LogP contribution in [0.25, 0.3) is 10.4 Å². The summed E-state index contributed by atoms with van der Waals surface area (Å²) in [6.45, 7) is 7.21. The van der Waals surface area contributed by atoms with Gasteiger partial charge in [-0.05, 0) is 42.9 Å². The molecule has 1 saturated carbocycles. The van der Waals surface area contributed by atoms with Gasteiger partial charge >= 0.3 is 0 Å². The van der Waals surface area contributed by atoms with Gasteiger partial charge in [0, 0.05) is 22.0 Å². The zero-order chi connectivity index (χ0) is 17.6. The van der Waals surface area contributed by atoms with Crippen LogP contribution in [0.2, 0.25) is 0 Å². The average Bonchev–Trinajstić information content (AvgIpc) is 3.03. The quantitative estimate of drug-likeness (QED) is 0.807. The van der Waals surface area contributed by atoms with Gasteiger partial charge in [0.2, 0.25) is 0 Å². The first-order valence-corrected chi connectivity index (χ1v) is 10.0. The topological polar surface area (TPSA) is 38.3 Å². The molecule has 1 N–H and O–H groups in total. The number of ether oxygens (including phenoxy) is 1. The summed E-state index contributed by atoms with van der Waals surface area (Å²) < 4.78 is 5.88. The molecule has 1 aromatic carbocycles. The van der Waals surface area contributed by atoms with Crippen molar-refractivity contribution in [1.29, 1.82) is 0 Å². The van der Waals surface area contributed by atoms with Crippen LogP contribution in [0.3, 0.4) is 0 Å². The number of fused-ring (bicyclic) bond motifs is 3. The maximum absolute atomic E-state index is 12.8. The van der Waals surface area contributed by atoms with Crippen molar-refractivity contribution in [2.24, 2.45) is 11.8 Å². The lowest BCUT2D eigenvalue weighted by Gasteiger charge is -2.34. The van der Waals surface area contributed by atoms with E-state index < -0.39 is 0 Å². The summed E-state index contributed by atoms with van der Waals surface area (Å²) in [5.41, 5.74) is 3.47. The van der Waals surface area contributed by atoms with Crippen LogP contribution in [0, 0.1) is 18.8 Å². The normalized spacial score (nSPS) is 24.8. The Labute approximate surface area is 153 Å². The van der Waals surface area contributed by atoms with E-state index in [0.29, 0.717) is 24.5 Å². The molecule has 132 valence electrons. The number of rotatable bonds is 2. The molecule has 3 nitrogen and oxygen atoms in total. The molecule has 0 saturated heterocycles. The number of aryl methyl sites for hydroxylation is 1. The van der Waals surface area contributed by atoms with Crippen LogP contribution in [0.15, 0.2) is 24.3 Å². The Bertz CT molecular complexity index is 810. The monoisotopic (exact) mass is 355 g/mol. The lowest BCUT2D eigenvalue weighted by molar-refractivity contribution is 0.0895. The largest absolute Gasteiger partial charge is 0.488 e. The fourth-order valence-corrected chi connectivity index (χ4v) is 5.28. The Hall–Kier alpha value is -1.81. The molecular formula is C21H25NO2S. The first-order chi connectivity index (χ1) is 12.0. The van der Waals surface area contributed by atoms with Gasteiger partial charge < -0.3 is 10.1 Å². The predicted octanol–water partition coefficient (Wildman–Crippen LogP) is 5.17. The fourth-order valence-electron chi connectivity index (χ4n) is 4.09. The van der Waals surface area contributed by atoms with E-state index in [9.17, 15) is 4.79 Å². The van der Waals surface area contributed by atoms with Gasteiger partial charge in [0.05, 0.1) is 4.88 Å². The number of hydrogen-bond donors (Lipinski definition) is 1. The van der Waals surface area contributed by atoms with E-state index in [1.807, 2.05) is 18.2 Å². The summed E-state index contributed by atoms with van der Waals surface area (Å²) in [7, 11) is 0. The SMILES string of the molecule is Cc1cccc2c1-c1sc(C(=O)N[C@@H]3CCC[C@@H](C)[C@@H]3C)cc1CO2. The summed E-state index contributed by atoms with van der Waals surface area (Å²) >= 11 is 1.60. The van der Waals surface area contributed by atoms with E-state index in [0.717, 1.165) is 28.2 Å². The maximum Gasteiger partial charge on any atom is 0.261 e. The summed E-state index contributed by atoms with van der Waals surface area (Å²) in [6.07, 6.45) is 3.57. The van der Waals surface area contributed by atoms with Crippen LogP contribution in [-0.2, 0) is 6.61 Å². The molecule has 1 aromatic heterocycles. The molecule has 3 atom stereocenters. The molecule has 2 aliphatic rings. The molecule has 1 aliphatic heterocycles. The molecule has 0 unspecified atom stereocenters. The van der Waals surface area contributed by atoms with Gasteiger partial charge in [0.15, 0.2) is 0 Å². The van der Waals surface area contributed by atoms with E-state index in [2.05, 4.69) is 32.2 Å². The molecule has 0 radical (unpaired) electrons. The summed E-state index contributed by atoms with van der Waals surface area (Å²) in [6, 6.07) is 8.44. The van der Waals surface area contributed by atoms with E-state index >= 15 is 0 Å². The standard InChI is InChI=1S/C21H25NO2S/c1-12-6-4-8-16(14(12)3)22-21(23)18-10-15-11-24-17-9-5-7-13(2)19(17)20(15)25-18/h5,7,9-10,12,14,16H,4,6,8,11H2,1-3H3,(H,22,23)/t12-,14+,16-/m1/s1. The molecule has 0 spiro atoms. The van der Waals surface area contributed by atoms with Gasteiger partial charge in [-0.15, -0.1) is 11.3 Å². The highest BCUT2D eigenvalue weighted by Crippen LogP contribution is 2.44. The minimum atomic E-state index is 0.0699.